The normalized spacial score (nSPS) is 14.3. The van der Waals surface area contributed by atoms with Crippen molar-refractivity contribution in [1.29, 1.82) is 0 Å². The monoisotopic (exact) mass is 1100 g/mol. The Kier molecular flexibility index (Phi) is 56.6. The van der Waals surface area contributed by atoms with Gasteiger partial charge in [-0.1, -0.05) is 285 Å². The number of aliphatic hydroxyl groups excluding tert-OH is 1. The first-order valence-corrected chi connectivity index (χ1v) is 33.9. The van der Waals surface area contributed by atoms with Gasteiger partial charge in [0.2, 0.25) is 5.91 Å². The number of aliphatic hydroxyl groups is 1. The molecule has 1 amide bonds. The largest absolute Gasteiger partial charge is 0.756 e. The molecule has 0 fully saturated rings. The summed E-state index contributed by atoms with van der Waals surface area (Å²) in [4.78, 5) is 25.6. The Morgan fingerprint density at radius 2 is 0.805 bits per heavy atom. The summed E-state index contributed by atoms with van der Waals surface area (Å²) in [6.45, 7) is 4.54. The van der Waals surface area contributed by atoms with Crippen molar-refractivity contribution in [3.63, 3.8) is 0 Å². The topological polar surface area (TPSA) is 108 Å². The van der Waals surface area contributed by atoms with Crippen LogP contribution in [0.2, 0.25) is 0 Å². The standard InChI is InChI=1S/C68H125N2O6P/c1-6-8-10-12-14-16-18-20-22-24-26-28-30-32-34-35-36-38-40-42-44-46-48-50-52-54-56-58-60-62-68(72)69-66(65-76-77(73,74)75-64-63-70(3,4)5)67(71)61-59-57-55-53-51-49-47-45-43-41-39-37-33-31-29-27-25-23-21-19-17-15-13-11-9-7-2/h8,10,14,16,20,22,26,28,43,45,51,53,59,61,66-67,71H,6-7,9,11-13,15,17-19,21,23-25,27,29-42,44,46-50,52,54-58,60,62-65H2,1-5H3,(H-,69,72,73,74)/b10-8-,16-14-,22-20-,28-26-,45-43+,53-51+,61-59+. The Morgan fingerprint density at radius 3 is 1.21 bits per heavy atom. The number of carbonyl (C=O) groups excluding carboxylic acids is 1. The zero-order chi connectivity index (χ0) is 56.3. The van der Waals surface area contributed by atoms with Gasteiger partial charge in [-0.25, -0.2) is 0 Å². The number of carbonyl (C=O) groups is 1. The highest BCUT2D eigenvalue weighted by atomic mass is 31.2. The summed E-state index contributed by atoms with van der Waals surface area (Å²) in [5.74, 6) is -0.211. The van der Waals surface area contributed by atoms with Crippen LogP contribution in [0.4, 0.5) is 0 Å². The number of unbranched alkanes of at least 4 members (excludes halogenated alkanes) is 34. The first kappa shape index (κ1) is 74.7. The summed E-state index contributed by atoms with van der Waals surface area (Å²) >= 11 is 0. The van der Waals surface area contributed by atoms with Crippen molar-refractivity contribution in [2.75, 3.05) is 40.9 Å². The lowest BCUT2D eigenvalue weighted by atomic mass is 10.0. The fraction of sp³-hybridized carbons (Fsp3) is 0.779. The minimum absolute atomic E-state index is 0.0112. The summed E-state index contributed by atoms with van der Waals surface area (Å²) < 4.78 is 23.4. The van der Waals surface area contributed by atoms with Crippen molar-refractivity contribution >= 4 is 13.7 Å². The molecule has 3 atom stereocenters. The van der Waals surface area contributed by atoms with E-state index in [4.69, 9.17) is 9.05 Å². The molecule has 0 aromatic carbocycles. The number of hydrogen-bond acceptors (Lipinski definition) is 6. The van der Waals surface area contributed by atoms with E-state index in [0.717, 1.165) is 70.6 Å². The summed E-state index contributed by atoms with van der Waals surface area (Å²) in [6.07, 6.45) is 82.6. The third-order valence-corrected chi connectivity index (χ3v) is 15.3. The van der Waals surface area contributed by atoms with Crippen molar-refractivity contribution < 1.29 is 32.9 Å². The van der Waals surface area contributed by atoms with E-state index in [0.29, 0.717) is 17.4 Å². The van der Waals surface area contributed by atoms with Crippen LogP contribution in [0.1, 0.15) is 290 Å². The fourth-order valence-electron chi connectivity index (χ4n) is 9.30. The molecule has 2 N–H and O–H groups in total. The molecule has 0 aliphatic rings. The molecule has 0 saturated heterocycles. The molecule has 0 aliphatic heterocycles. The summed E-state index contributed by atoms with van der Waals surface area (Å²) in [5.41, 5.74) is 0. The molecule has 448 valence electrons. The van der Waals surface area contributed by atoms with Crippen LogP contribution in [0.15, 0.2) is 85.1 Å². The van der Waals surface area contributed by atoms with Gasteiger partial charge in [0.05, 0.1) is 39.9 Å². The zero-order valence-electron chi connectivity index (χ0n) is 51.1. The number of amides is 1. The van der Waals surface area contributed by atoms with Gasteiger partial charge in [-0.2, -0.15) is 0 Å². The lowest BCUT2D eigenvalue weighted by molar-refractivity contribution is -0.870. The molecule has 0 heterocycles. The van der Waals surface area contributed by atoms with Crippen LogP contribution < -0.4 is 10.2 Å². The van der Waals surface area contributed by atoms with Gasteiger partial charge in [0.1, 0.15) is 13.2 Å². The number of phosphoric acid groups is 1. The number of hydrogen-bond donors (Lipinski definition) is 2. The van der Waals surface area contributed by atoms with Crippen LogP contribution >= 0.6 is 7.82 Å². The number of rotatable bonds is 59. The second-order valence-electron chi connectivity index (χ2n) is 23.1. The van der Waals surface area contributed by atoms with Gasteiger partial charge in [-0.15, -0.1) is 0 Å². The van der Waals surface area contributed by atoms with Gasteiger partial charge in [0.25, 0.3) is 7.82 Å². The molecule has 0 aromatic heterocycles. The average Bonchev–Trinajstić information content (AvgIpc) is 3.39. The third-order valence-electron chi connectivity index (χ3n) is 14.3. The number of allylic oxidation sites excluding steroid dienone is 13. The maximum Gasteiger partial charge on any atom is 0.268 e. The van der Waals surface area contributed by atoms with Gasteiger partial charge in [-0.05, 0) is 83.5 Å². The second kappa shape index (κ2) is 58.3. The molecule has 9 heteroatoms. The predicted molar refractivity (Wildman–Crippen MR) is 334 cm³/mol. The van der Waals surface area contributed by atoms with Crippen LogP contribution in [0.3, 0.4) is 0 Å². The lowest BCUT2D eigenvalue weighted by Gasteiger charge is -2.29. The minimum atomic E-state index is -4.62. The first-order valence-electron chi connectivity index (χ1n) is 32.4. The van der Waals surface area contributed by atoms with Gasteiger partial charge in [0.15, 0.2) is 0 Å². The molecule has 0 aromatic rings. The van der Waals surface area contributed by atoms with Crippen LogP contribution in [0, 0.1) is 0 Å². The quantitative estimate of drug-likeness (QED) is 0.0272. The highest BCUT2D eigenvalue weighted by Gasteiger charge is 2.23. The van der Waals surface area contributed by atoms with Crippen molar-refractivity contribution in [1.82, 2.24) is 5.32 Å². The van der Waals surface area contributed by atoms with E-state index < -0.39 is 26.6 Å². The molecule has 0 rings (SSSR count). The van der Waals surface area contributed by atoms with Crippen LogP contribution in [-0.2, 0) is 18.4 Å². The summed E-state index contributed by atoms with van der Waals surface area (Å²) in [5, 5.41) is 13.9. The van der Waals surface area contributed by atoms with Crippen molar-refractivity contribution in [3.05, 3.63) is 85.1 Å². The predicted octanol–water partition coefficient (Wildman–Crippen LogP) is 19.7. The molecule has 0 bridgehead atoms. The lowest BCUT2D eigenvalue weighted by Crippen LogP contribution is -2.45. The summed E-state index contributed by atoms with van der Waals surface area (Å²) in [7, 11) is 1.24. The number of quaternary nitrogens is 1. The van der Waals surface area contributed by atoms with E-state index in [9.17, 15) is 19.4 Å². The number of nitrogens with zero attached hydrogens (tertiary/aromatic N) is 1. The highest BCUT2D eigenvalue weighted by Crippen LogP contribution is 2.38. The van der Waals surface area contributed by atoms with Gasteiger partial charge < -0.3 is 28.8 Å². The maximum absolute atomic E-state index is 13.0. The molecule has 0 spiro atoms. The minimum Gasteiger partial charge on any atom is -0.756 e. The Hall–Kier alpha value is -2.32. The van der Waals surface area contributed by atoms with Gasteiger partial charge in [0, 0.05) is 6.42 Å². The third kappa shape index (κ3) is 61.2. The molecular weight excluding hydrogens is 972 g/mol. The van der Waals surface area contributed by atoms with E-state index in [1.54, 1.807) is 6.08 Å². The number of phosphoric ester groups is 1. The molecule has 0 saturated carbocycles. The maximum atomic E-state index is 13.0. The fourth-order valence-corrected chi connectivity index (χ4v) is 10.0. The van der Waals surface area contributed by atoms with E-state index in [1.807, 2.05) is 27.2 Å². The zero-order valence-corrected chi connectivity index (χ0v) is 52.0. The second-order valence-corrected chi connectivity index (χ2v) is 24.5. The van der Waals surface area contributed by atoms with E-state index >= 15 is 0 Å². The SMILES string of the molecule is CC/C=C\C/C=C\C/C=C\C/C=C\CCCCCCCCCCCCCCCCCCC(=O)NC(COP(=O)([O-])OCC[N+](C)(C)C)C(O)/C=C/CC/C=C/CC/C=C/CCCCCCCCCCCCCCCCCC. The van der Waals surface area contributed by atoms with Crippen molar-refractivity contribution in [2.45, 2.75) is 302 Å². The van der Waals surface area contributed by atoms with E-state index in [-0.39, 0.29) is 12.5 Å². The smallest absolute Gasteiger partial charge is 0.268 e. The number of likely N-dealkylation sites (N-methyl/N-ethyl adjacent to an activating group) is 1. The Labute approximate surface area is 477 Å². The Balaban J connectivity index is 4.18. The Morgan fingerprint density at radius 1 is 0.468 bits per heavy atom. The highest BCUT2D eigenvalue weighted by molar-refractivity contribution is 7.45. The molecule has 3 unspecified atom stereocenters. The molecule has 0 aliphatic carbocycles. The first-order chi connectivity index (χ1) is 37.5. The van der Waals surface area contributed by atoms with Crippen LogP contribution in [0.25, 0.3) is 0 Å². The Bertz CT molecular complexity index is 1530. The van der Waals surface area contributed by atoms with Crippen molar-refractivity contribution in [3.8, 4) is 0 Å². The van der Waals surface area contributed by atoms with Crippen LogP contribution in [-0.4, -0.2) is 68.5 Å². The van der Waals surface area contributed by atoms with E-state index in [1.165, 1.54) is 199 Å². The molecule has 0 radical (unpaired) electrons. The average molecular weight is 1100 g/mol. The van der Waals surface area contributed by atoms with Crippen molar-refractivity contribution in [2.24, 2.45) is 0 Å². The summed E-state index contributed by atoms with van der Waals surface area (Å²) in [6, 6.07) is -0.915. The molecule has 8 nitrogen and oxygen atoms in total. The van der Waals surface area contributed by atoms with Gasteiger partial charge in [-0.3, -0.25) is 9.36 Å². The van der Waals surface area contributed by atoms with Crippen LogP contribution in [0.5, 0.6) is 0 Å². The molecule has 77 heavy (non-hydrogen) atoms. The molecular formula is C68H125N2O6P. The van der Waals surface area contributed by atoms with Gasteiger partial charge >= 0.3 is 0 Å². The van der Waals surface area contributed by atoms with E-state index in [2.05, 4.69) is 92.1 Å². The number of nitrogens with one attached hydrogen (secondary N) is 1.